The van der Waals surface area contributed by atoms with E-state index < -0.39 is 29.2 Å². The number of ether oxygens (including phenoxy) is 1. The predicted octanol–water partition coefficient (Wildman–Crippen LogP) is 4.73. The first-order valence-electron chi connectivity index (χ1n) is 13.1. The molecule has 11 heteroatoms. The van der Waals surface area contributed by atoms with Crippen molar-refractivity contribution >= 4 is 46.5 Å². The van der Waals surface area contributed by atoms with Gasteiger partial charge < -0.3 is 10.1 Å². The number of amides is 3. The molecule has 0 unspecified atom stereocenters. The summed E-state index contributed by atoms with van der Waals surface area (Å²) in [6, 6.07) is 17.0. The summed E-state index contributed by atoms with van der Waals surface area (Å²) in [5.41, 5.74) is 2.39. The van der Waals surface area contributed by atoms with E-state index in [4.69, 9.17) is 4.74 Å². The second kappa shape index (κ2) is 11.6. The molecule has 0 aromatic heterocycles. The molecular weight excluding hydrogens is 542 g/mol. The standard InChI is InChI=1S/C31H25N3O8/c1-18-2-15-25-26(16-18)30(38)33(29(25)37)23-11-7-20(8-12-23)28(36)32-22-9-3-21(4-10-22)31(39)42-17-27(35)19-5-13-24(14-6-19)34(40)41/h2-14,25-26H,15-17H2,1H3,(H,32,36)/t25-,26-/m1/s1. The smallest absolute Gasteiger partial charge is 0.338 e. The number of anilines is 2. The van der Waals surface area contributed by atoms with Gasteiger partial charge >= 0.3 is 5.97 Å². The molecule has 1 aliphatic carbocycles. The Balaban J connectivity index is 1.15. The molecule has 1 heterocycles. The first-order valence-corrected chi connectivity index (χ1v) is 13.1. The summed E-state index contributed by atoms with van der Waals surface area (Å²) in [4.78, 5) is 74.6. The third kappa shape index (κ3) is 5.71. The maximum atomic E-state index is 12.9. The zero-order chi connectivity index (χ0) is 30.0. The number of fused-ring (bicyclic) bond motifs is 1. The Morgan fingerprint density at radius 1 is 0.881 bits per heavy atom. The molecule has 0 saturated carbocycles. The summed E-state index contributed by atoms with van der Waals surface area (Å²) in [6.07, 6.45) is 3.13. The highest BCUT2D eigenvalue weighted by Crippen LogP contribution is 2.39. The number of hydrogen-bond donors (Lipinski definition) is 1. The topological polar surface area (TPSA) is 153 Å². The van der Waals surface area contributed by atoms with Crippen LogP contribution in [0.2, 0.25) is 0 Å². The fourth-order valence-corrected chi connectivity index (χ4v) is 5.01. The molecule has 5 rings (SSSR count). The molecule has 1 N–H and O–H groups in total. The van der Waals surface area contributed by atoms with Gasteiger partial charge in [-0.25, -0.2) is 4.79 Å². The van der Waals surface area contributed by atoms with Gasteiger partial charge in [0.1, 0.15) is 0 Å². The minimum atomic E-state index is -0.754. The van der Waals surface area contributed by atoms with Gasteiger partial charge in [0.2, 0.25) is 11.8 Å². The fraction of sp³-hybridized carbons (Fsp3) is 0.194. The van der Waals surface area contributed by atoms with Gasteiger partial charge in [-0.2, -0.15) is 0 Å². The summed E-state index contributed by atoms with van der Waals surface area (Å²) >= 11 is 0. The van der Waals surface area contributed by atoms with Crippen LogP contribution in [0.15, 0.2) is 84.4 Å². The highest BCUT2D eigenvalue weighted by atomic mass is 16.6. The number of carbonyl (C=O) groups is 5. The normalized spacial score (nSPS) is 17.7. The molecule has 11 nitrogen and oxygen atoms in total. The quantitative estimate of drug-likeness (QED) is 0.102. The van der Waals surface area contributed by atoms with Crippen LogP contribution in [0.5, 0.6) is 0 Å². The SMILES string of the molecule is CC1=CC[C@H]2C(=O)N(c3ccc(C(=O)Nc4ccc(C(=O)OCC(=O)c5ccc([N+](=O)[O-])cc5)cc4)cc3)C(=O)[C@@H]2C1. The average Bonchev–Trinajstić information content (AvgIpc) is 3.24. The molecule has 2 atom stereocenters. The van der Waals surface area contributed by atoms with E-state index >= 15 is 0 Å². The number of non-ortho nitro benzene ring substituents is 1. The van der Waals surface area contributed by atoms with Crippen molar-refractivity contribution in [1.82, 2.24) is 0 Å². The zero-order valence-corrected chi connectivity index (χ0v) is 22.4. The summed E-state index contributed by atoms with van der Waals surface area (Å²) in [6.45, 7) is 1.41. The summed E-state index contributed by atoms with van der Waals surface area (Å²) < 4.78 is 5.05. The molecular formula is C31H25N3O8. The number of allylic oxidation sites excluding steroid dienone is 2. The number of rotatable bonds is 8. The highest BCUT2D eigenvalue weighted by molar-refractivity contribution is 6.22. The lowest BCUT2D eigenvalue weighted by Crippen LogP contribution is -2.30. The lowest BCUT2D eigenvalue weighted by Gasteiger charge is -2.18. The third-order valence-corrected chi connectivity index (χ3v) is 7.32. The summed E-state index contributed by atoms with van der Waals surface area (Å²) in [5, 5.41) is 13.4. The van der Waals surface area contributed by atoms with Gasteiger partial charge in [0.25, 0.3) is 11.6 Å². The van der Waals surface area contributed by atoms with Crippen LogP contribution in [0.3, 0.4) is 0 Å². The Kier molecular flexibility index (Phi) is 7.74. The number of hydrogen-bond acceptors (Lipinski definition) is 8. The van der Waals surface area contributed by atoms with E-state index in [-0.39, 0.29) is 40.5 Å². The van der Waals surface area contributed by atoms with Crippen LogP contribution >= 0.6 is 0 Å². The molecule has 42 heavy (non-hydrogen) atoms. The Bertz CT molecular complexity index is 1630. The largest absolute Gasteiger partial charge is 0.454 e. The summed E-state index contributed by atoms with van der Waals surface area (Å²) in [7, 11) is 0. The number of imide groups is 1. The van der Waals surface area contributed by atoms with Crippen LogP contribution in [0, 0.1) is 22.0 Å². The second-order valence-corrected chi connectivity index (χ2v) is 10.1. The van der Waals surface area contributed by atoms with Crippen LogP contribution in [0.25, 0.3) is 0 Å². The van der Waals surface area contributed by atoms with Gasteiger partial charge in [0.15, 0.2) is 12.4 Å². The number of nitro groups is 1. The molecule has 0 bridgehead atoms. The van der Waals surface area contributed by atoms with Gasteiger partial charge in [0, 0.05) is 28.9 Å². The summed E-state index contributed by atoms with van der Waals surface area (Å²) in [5.74, 6) is -2.84. The average molecular weight is 568 g/mol. The minimum Gasteiger partial charge on any atom is -0.454 e. The van der Waals surface area contributed by atoms with Crippen LogP contribution in [0.4, 0.5) is 17.1 Å². The fourth-order valence-electron chi connectivity index (χ4n) is 5.01. The molecule has 3 aromatic carbocycles. The molecule has 0 radical (unpaired) electrons. The Morgan fingerprint density at radius 3 is 2.12 bits per heavy atom. The van der Waals surface area contributed by atoms with Crippen molar-refractivity contribution in [2.45, 2.75) is 19.8 Å². The number of nitrogens with zero attached hydrogens (tertiary/aromatic N) is 2. The van der Waals surface area contributed by atoms with E-state index in [1.165, 1.54) is 65.6 Å². The number of nitro benzene ring substituents is 1. The van der Waals surface area contributed by atoms with Gasteiger partial charge in [-0.05, 0) is 80.4 Å². The van der Waals surface area contributed by atoms with Gasteiger partial charge in [-0.1, -0.05) is 11.6 Å². The van der Waals surface area contributed by atoms with E-state index in [9.17, 15) is 34.1 Å². The number of nitrogens with one attached hydrogen (secondary N) is 1. The number of esters is 1. The van der Waals surface area contributed by atoms with Crippen molar-refractivity contribution in [2.24, 2.45) is 11.8 Å². The van der Waals surface area contributed by atoms with Crippen molar-refractivity contribution in [1.29, 1.82) is 0 Å². The number of benzene rings is 3. The molecule has 0 spiro atoms. The van der Waals surface area contributed by atoms with Crippen LogP contribution in [-0.2, 0) is 14.3 Å². The first-order chi connectivity index (χ1) is 20.1. The molecule has 2 aliphatic rings. The number of carbonyl (C=O) groups excluding carboxylic acids is 5. The predicted molar refractivity (Wildman–Crippen MR) is 151 cm³/mol. The van der Waals surface area contributed by atoms with E-state index in [0.29, 0.717) is 29.8 Å². The van der Waals surface area contributed by atoms with Crippen molar-refractivity contribution in [3.63, 3.8) is 0 Å². The maximum Gasteiger partial charge on any atom is 0.338 e. The minimum absolute atomic E-state index is 0.153. The van der Waals surface area contributed by atoms with E-state index in [1.54, 1.807) is 12.1 Å². The number of ketones is 1. The van der Waals surface area contributed by atoms with Crippen molar-refractivity contribution in [3.05, 3.63) is 111 Å². The lowest BCUT2D eigenvalue weighted by molar-refractivity contribution is -0.384. The lowest BCUT2D eigenvalue weighted by atomic mass is 9.82. The van der Waals surface area contributed by atoms with Gasteiger partial charge in [0.05, 0.1) is 28.0 Å². The monoisotopic (exact) mass is 567 g/mol. The van der Waals surface area contributed by atoms with Crippen LogP contribution in [0.1, 0.15) is 50.8 Å². The molecule has 3 aromatic rings. The molecule has 3 amide bonds. The van der Waals surface area contributed by atoms with E-state index in [1.807, 2.05) is 13.0 Å². The van der Waals surface area contributed by atoms with Gasteiger partial charge in [-0.15, -0.1) is 0 Å². The molecule has 1 fully saturated rings. The van der Waals surface area contributed by atoms with Crippen molar-refractivity contribution in [3.8, 4) is 0 Å². The van der Waals surface area contributed by atoms with E-state index in [0.717, 1.165) is 5.57 Å². The molecule has 1 saturated heterocycles. The Labute approximate surface area is 239 Å². The zero-order valence-electron chi connectivity index (χ0n) is 22.4. The Morgan fingerprint density at radius 2 is 1.48 bits per heavy atom. The third-order valence-electron chi connectivity index (χ3n) is 7.32. The van der Waals surface area contributed by atoms with Crippen molar-refractivity contribution < 1.29 is 33.6 Å². The second-order valence-electron chi connectivity index (χ2n) is 10.1. The molecule has 212 valence electrons. The maximum absolute atomic E-state index is 12.9. The highest BCUT2D eigenvalue weighted by Gasteiger charge is 2.48. The van der Waals surface area contributed by atoms with E-state index in [2.05, 4.69) is 5.32 Å². The number of Topliss-reactive ketones (excluding diaryl/α,β-unsaturated/α-hetero) is 1. The first kappa shape index (κ1) is 28.1. The van der Waals surface area contributed by atoms with Crippen molar-refractivity contribution in [2.75, 3.05) is 16.8 Å². The van der Waals surface area contributed by atoms with Crippen LogP contribution in [-0.4, -0.2) is 41.0 Å². The van der Waals surface area contributed by atoms with Crippen LogP contribution < -0.4 is 10.2 Å². The Hall–Kier alpha value is -5.45. The van der Waals surface area contributed by atoms with Gasteiger partial charge in [-0.3, -0.25) is 34.2 Å². The molecule has 1 aliphatic heterocycles.